The Balaban J connectivity index is 7.25. The van der Waals surface area contributed by atoms with Gasteiger partial charge < -0.3 is 130 Å². The fourth-order valence-corrected chi connectivity index (χ4v) is 10.2. The Morgan fingerprint density at radius 2 is 0.682 bits per heavy atom. The lowest BCUT2D eigenvalue weighted by atomic mass is 10.0. The normalized spacial score (nSPS) is 15.1. The molecule has 0 radical (unpaired) electrons. The number of nitrogens with two attached hydrogens (primary N) is 8. The van der Waals surface area contributed by atoms with E-state index in [-0.39, 0.29) is 81.8 Å². The van der Waals surface area contributed by atoms with Crippen molar-refractivity contribution in [3.05, 3.63) is 0 Å². The van der Waals surface area contributed by atoms with Crippen molar-refractivity contribution in [2.45, 2.75) is 256 Å². The Bertz CT molecular complexity index is 3040. The van der Waals surface area contributed by atoms with Crippen molar-refractivity contribution in [2.75, 3.05) is 26.2 Å². The first kappa shape index (κ1) is 96.9. The van der Waals surface area contributed by atoms with Crippen molar-refractivity contribution >= 4 is 107 Å². The van der Waals surface area contributed by atoms with E-state index in [4.69, 9.17) is 45.9 Å². The third kappa shape index (κ3) is 40.8. The first-order valence-electron chi connectivity index (χ1n) is 35.5. The van der Waals surface area contributed by atoms with Crippen molar-refractivity contribution < 1.29 is 97.1 Å². The average Bonchev–Trinajstić information content (AvgIpc) is 0.854. The number of nitrogens with zero attached hydrogens (tertiary/aromatic N) is 2. The number of carbonyl (C=O) groups excluding carboxylic acids is 13. The molecule has 0 saturated carbocycles. The number of carbonyl (C=O) groups is 16. The molecule has 0 rings (SSSR count). The standard InChI is InChI=1S/C65H118N22O20/c1-31(2)28-43(83-51(94)34(7)76-54(97)38(17-11-13-25-67)78-53(96)37(68)16-10-12-24-66)60(103)80-40(19-15-27-75-65(72)73)55(98)79-39(18-14-26-74-64(70)71)56(99)81-41(20-22-46(69)89)57(100)82-42(21-23-47(90)91)58(101)87-50(36(9)88)62(105)86-49(33(5)6)61(104)84-44(30-48(92)93)59(102)77-35(8)52(95)85-45(63(106)107)29-32(3)4/h31-45,49-50,88H,10-30,66-68H2,1-9H3,(H2,69,89)(H,76,97)(H,77,102)(H,78,96)(H,79,98)(H,80,103)(H,81,99)(H,82,100)(H,83,94)(H,84,104)(H,85,95)(H,86,105)(H,87,101)(H,90,91)(H,92,93)(H,106,107)(H4,70,71,74)(H4,72,73,75). The average molecular weight is 1530 g/mol. The van der Waals surface area contributed by atoms with Crippen LogP contribution in [0.2, 0.25) is 0 Å². The monoisotopic (exact) mass is 1530 g/mol. The number of primary amides is 1. The van der Waals surface area contributed by atoms with Crippen LogP contribution in [0.4, 0.5) is 0 Å². The van der Waals surface area contributed by atoms with Gasteiger partial charge in [0.05, 0.1) is 18.6 Å². The zero-order chi connectivity index (χ0) is 82.0. The van der Waals surface area contributed by atoms with Gasteiger partial charge in [0.25, 0.3) is 0 Å². The van der Waals surface area contributed by atoms with Crippen molar-refractivity contribution in [1.82, 2.24) is 63.8 Å². The minimum Gasteiger partial charge on any atom is -0.481 e. The lowest BCUT2D eigenvalue weighted by molar-refractivity contribution is -0.143. The molecule has 0 bridgehead atoms. The Kier molecular flexibility index (Phi) is 46.4. The van der Waals surface area contributed by atoms with Gasteiger partial charge in [0, 0.05) is 25.9 Å². The van der Waals surface area contributed by atoms with E-state index in [9.17, 15) is 97.1 Å². The van der Waals surface area contributed by atoms with Crippen molar-refractivity contribution in [3.63, 3.8) is 0 Å². The second kappa shape index (κ2) is 51.2. The summed E-state index contributed by atoms with van der Waals surface area (Å²) in [7, 11) is 0. The number of nitrogens with one attached hydrogen (secondary N) is 12. The van der Waals surface area contributed by atoms with Crippen molar-refractivity contribution in [3.8, 4) is 0 Å². The van der Waals surface area contributed by atoms with Gasteiger partial charge in [-0.25, -0.2) is 4.79 Å². The first-order valence-corrected chi connectivity index (χ1v) is 35.5. The van der Waals surface area contributed by atoms with Crippen molar-refractivity contribution in [1.29, 1.82) is 0 Å². The highest BCUT2D eigenvalue weighted by atomic mass is 16.4. The summed E-state index contributed by atoms with van der Waals surface area (Å²) < 4.78 is 0. The van der Waals surface area contributed by atoms with Crippen LogP contribution < -0.4 is 110 Å². The molecule has 0 fully saturated rings. The molecule has 32 N–H and O–H groups in total. The van der Waals surface area contributed by atoms with E-state index >= 15 is 0 Å². The van der Waals surface area contributed by atoms with E-state index in [0.717, 1.165) is 6.92 Å². The number of hydrogen-bond acceptors (Lipinski definition) is 22. The van der Waals surface area contributed by atoms with Crippen molar-refractivity contribution in [2.24, 2.45) is 73.6 Å². The van der Waals surface area contributed by atoms with Gasteiger partial charge in [0.15, 0.2) is 11.9 Å². The first-order chi connectivity index (χ1) is 50.0. The molecular weight excluding hydrogens is 1410 g/mol. The van der Waals surface area contributed by atoms with Gasteiger partial charge in [-0.3, -0.25) is 81.9 Å². The Labute approximate surface area is 621 Å². The predicted molar refractivity (Wildman–Crippen MR) is 389 cm³/mol. The summed E-state index contributed by atoms with van der Waals surface area (Å²) in [6.07, 6.45) is -3.83. The molecule has 0 heterocycles. The molecule has 14 unspecified atom stereocenters. The highest BCUT2D eigenvalue weighted by Gasteiger charge is 2.39. The number of amides is 13. The smallest absolute Gasteiger partial charge is 0.326 e. The van der Waals surface area contributed by atoms with Crippen LogP contribution in [0, 0.1) is 17.8 Å². The number of aliphatic carboxylic acids is 3. The van der Waals surface area contributed by atoms with E-state index < -0.39 is 217 Å². The van der Waals surface area contributed by atoms with Crippen LogP contribution in [0.3, 0.4) is 0 Å². The molecule has 0 spiro atoms. The maximum atomic E-state index is 14.6. The van der Waals surface area contributed by atoms with E-state index in [1.807, 2.05) is 0 Å². The molecule has 0 aliphatic heterocycles. The number of aliphatic hydroxyl groups is 1. The number of aliphatic hydroxyl groups excluding tert-OH is 1. The quantitative estimate of drug-likeness (QED) is 0.0153. The fourth-order valence-electron chi connectivity index (χ4n) is 10.2. The minimum absolute atomic E-state index is 0.0101. The molecule has 14 atom stereocenters. The highest BCUT2D eigenvalue weighted by molar-refractivity contribution is 6.00. The van der Waals surface area contributed by atoms with Crippen LogP contribution >= 0.6 is 0 Å². The number of aliphatic imine (C=N–C) groups is 2. The molecule has 0 aliphatic rings. The summed E-state index contributed by atoms with van der Waals surface area (Å²) in [5.74, 6) is -20.1. The van der Waals surface area contributed by atoms with Gasteiger partial charge >= 0.3 is 17.9 Å². The van der Waals surface area contributed by atoms with Crippen LogP contribution in [0.1, 0.15) is 171 Å². The summed E-state index contributed by atoms with van der Waals surface area (Å²) >= 11 is 0. The van der Waals surface area contributed by atoms with Crippen LogP contribution in [0.15, 0.2) is 9.98 Å². The van der Waals surface area contributed by atoms with E-state index in [1.165, 1.54) is 27.7 Å². The molecule has 107 heavy (non-hydrogen) atoms. The third-order valence-electron chi connectivity index (χ3n) is 16.1. The Morgan fingerprint density at radius 3 is 1.07 bits per heavy atom. The lowest BCUT2D eigenvalue weighted by Crippen LogP contribution is -2.62. The molecule has 13 amide bonds. The van der Waals surface area contributed by atoms with Crippen LogP contribution in [0.5, 0.6) is 0 Å². The zero-order valence-corrected chi connectivity index (χ0v) is 62.5. The number of carboxylic acids is 3. The van der Waals surface area contributed by atoms with E-state index in [2.05, 4.69) is 73.8 Å². The van der Waals surface area contributed by atoms with E-state index in [1.54, 1.807) is 27.7 Å². The second-order valence-electron chi connectivity index (χ2n) is 27.1. The molecule has 0 saturated heterocycles. The van der Waals surface area contributed by atoms with E-state index in [0.29, 0.717) is 45.2 Å². The summed E-state index contributed by atoms with van der Waals surface area (Å²) in [4.78, 5) is 223. The van der Waals surface area contributed by atoms with Crippen LogP contribution in [0.25, 0.3) is 0 Å². The molecular formula is C65H118N22O20. The zero-order valence-electron chi connectivity index (χ0n) is 62.5. The number of guanidine groups is 2. The summed E-state index contributed by atoms with van der Waals surface area (Å²) in [5.41, 5.74) is 45.0. The predicted octanol–water partition coefficient (Wildman–Crippen LogP) is -7.65. The summed E-state index contributed by atoms with van der Waals surface area (Å²) in [5, 5.41) is 68.7. The largest absolute Gasteiger partial charge is 0.481 e. The SMILES string of the molecule is CC(C)CC(NC(=O)C(C)NC(=O)C(CC(=O)O)NC(=O)C(NC(=O)C(NC(=O)C(CCC(=O)O)NC(=O)C(CCC(N)=O)NC(=O)C(CCCN=C(N)N)NC(=O)C(CCCN=C(N)N)NC(=O)C(CC(C)C)NC(=O)C(C)NC(=O)C(CCCCN)NC(=O)C(N)CCCCN)C(C)O)C(C)C)C(=O)O. The van der Waals surface area contributed by atoms with Gasteiger partial charge in [0.2, 0.25) is 76.8 Å². The van der Waals surface area contributed by atoms with Gasteiger partial charge in [0.1, 0.15) is 72.5 Å². The molecule has 0 aromatic heterocycles. The Morgan fingerprint density at radius 1 is 0.346 bits per heavy atom. The van der Waals surface area contributed by atoms with Gasteiger partial charge in [-0.1, -0.05) is 48.0 Å². The molecule has 0 aromatic carbocycles. The van der Waals surface area contributed by atoms with Crippen LogP contribution in [-0.2, 0) is 76.7 Å². The topological polar surface area (TPSA) is 731 Å². The summed E-state index contributed by atoms with van der Waals surface area (Å²) in [6.45, 7) is 13.7. The third-order valence-corrected chi connectivity index (χ3v) is 16.1. The molecule has 42 heteroatoms. The summed E-state index contributed by atoms with van der Waals surface area (Å²) in [6, 6.07) is -20.3. The number of carboxylic acid groups (broad SMARTS) is 3. The number of rotatable bonds is 55. The van der Waals surface area contributed by atoms with Gasteiger partial charge in [-0.15, -0.1) is 0 Å². The minimum atomic E-state index is -2.04. The maximum Gasteiger partial charge on any atom is 0.326 e. The maximum absolute atomic E-state index is 14.6. The van der Waals surface area contributed by atoms with Gasteiger partial charge in [-0.2, -0.15) is 0 Å². The number of hydrogen-bond donors (Lipinski definition) is 24. The van der Waals surface area contributed by atoms with Gasteiger partial charge in [-0.05, 0) is 135 Å². The second-order valence-corrected chi connectivity index (χ2v) is 27.1. The lowest BCUT2D eigenvalue weighted by Gasteiger charge is -2.29. The van der Waals surface area contributed by atoms with Crippen LogP contribution in [-0.4, -0.2) is 238 Å². The molecule has 0 aromatic rings. The fraction of sp³-hybridized carbons (Fsp3) is 0.723. The number of unbranched alkanes of at least 4 members (excludes halogenated alkanes) is 2. The molecule has 42 nitrogen and oxygen atoms in total. The highest BCUT2D eigenvalue weighted by Crippen LogP contribution is 2.14. The molecule has 0 aliphatic carbocycles. The Hall–Kier alpha value is -10.1. The molecule has 608 valence electrons.